The Labute approximate surface area is 219 Å². The summed E-state index contributed by atoms with van der Waals surface area (Å²) in [5.74, 6) is 0.339. The SMILES string of the molecule is O=C(O)O.Oc1ccc(O)cc1.[H-].[H-].[H-].[K+].[K+].[K+]. The predicted molar refractivity (Wildman–Crippen MR) is 43.8 cm³/mol. The maximum Gasteiger partial charge on any atom is 1.00 e. The summed E-state index contributed by atoms with van der Waals surface area (Å²) in [5, 5.41) is 31.2. The fourth-order valence-electron chi connectivity index (χ4n) is 0.453. The second kappa shape index (κ2) is 17.0. The van der Waals surface area contributed by atoms with Gasteiger partial charge in [0.05, 0.1) is 0 Å². The molecule has 1 aromatic carbocycles. The molecule has 0 fully saturated rings. The summed E-state index contributed by atoms with van der Waals surface area (Å²) >= 11 is 0. The molecule has 4 N–H and O–H groups in total. The first-order valence-corrected chi connectivity index (χ1v) is 2.92. The summed E-state index contributed by atoms with van der Waals surface area (Å²) in [4.78, 5) is 8.56. The minimum atomic E-state index is -1.83. The van der Waals surface area contributed by atoms with E-state index in [1.807, 2.05) is 0 Å². The van der Waals surface area contributed by atoms with Crippen LogP contribution >= 0.6 is 0 Å². The fourth-order valence-corrected chi connectivity index (χ4v) is 0.453. The van der Waals surface area contributed by atoms with Crippen LogP contribution in [0, 0.1) is 0 Å². The maximum atomic E-state index is 8.65. The Morgan fingerprint density at radius 1 is 0.867 bits per heavy atom. The van der Waals surface area contributed by atoms with Crippen LogP contribution in [0.4, 0.5) is 4.79 Å². The Morgan fingerprint density at radius 3 is 1.13 bits per heavy atom. The van der Waals surface area contributed by atoms with Gasteiger partial charge in [0.1, 0.15) is 11.5 Å². The molecule has 0 aliphatic heterocycles. The predicted octanol–water partition coefficient (Wildman–Crippen LogP) is -7.33. The largest absolute Gasteiger partial charge is 1.00 e. The molecule has 15 heavy (non-hydrogen) atoms. The number of carboxylic acid groups (broad SMARTS) is 2. The summed E-state index contributed by atoms with van der Waals surface area (Å²) in [7, 11) is 0. The van der Waals surface area contributed by atoms with Gasteiger partial charge in [-0.15, -0.1) is 0 Å². The van der Waals surface area contributed by atoms with Crippen molar-refractivity contribution in [2.24, 2.45) is 0 Å². The second-order valence-electron chi connectivity index (χ2n) is 1.80. The van der Waals surface area contributed by atoms with E-state index in [-0.39, 0.29) is 170 Å². The van der Waals surface area contributed by atoms with Gasteiger partial charge in [0, 0.05) is 0 Å². The molecule has 72 valence electrons. The minimum Gasteiger partial charge on any atom is -1.00 e. The molecule has 0 saturated carbocycles. The molecule has 0 atom stereocenters. The van der Waals surface area contributed by atoms with Crippen LogP contribution < -0.4 is 154 Å². The van der Waals surface area contributed by atoms with Crippen molar-refractivity contribution < 1.29 is 184 Å². The van der Waals surface area contributed by atoms with Crippen LogP contribution in [0.2, 0.25) is 0 Å². The van der Waals surface area contributed by atoms with Crippen LogP contribution in [0.1, 0.15) is 4.28 Å². The minimum absolute atomic E-state index is 0. The zero-order valence-electron chi connectivity index (χ0n) is 12.0. The quantitative estimate of drug-likeness (QED) is 0.281. The van der Waals surface area contributed by atoms with Crippen molar-refractivity contribution in [1.82, 2.24) is 0 Å². The summed E-state index contributed by atoms with van der Waals surface area (Å²) in [6.45, 7) is 0. The van der Waals surface area contributed by atoms with E-state index >= 15 is 0 Å². The van der Waals surface area contributed by atoms with Gasteiger partial charge in [-0.3, -0.25) is 0 Å². The van der Waals surface area contributed by atoms with Crippen molar-refractivity contribution in [2.75, 3.05) is 0 Å². The zero-order valence-corrected chi connectivity index (χ0v) is 18.4. The van der Waals surface area contributed by atoms with E-state index in [0.717, 1.165) is 0 Å². The molecule has 0 aliphatic rings. The van der Waals surface area contributed by atoms with Crippen molar-refractivity contribution >= 4 is 6.16 Å². The van der Waals surface area contributed by atoms with Gasteiger partial charge in [-0.05, 0) is 24.3 Å². The second-order valence-corrected chi connectivity index (χ2v) is 1.80. The molecule has 0 aromatic heterocycles. The van der Waals surface area contributed by atoms with Gasteiger partial charge in [0.2, 0.25) is 0 Å². The van der Waals surface area contributed by atoms with Gasteiger partial charge < -0.3 is 24.7 Å². The molecule has 0 saturated heterocycles. The van der Waals surface area contributed by atoms with E-state index < -0.39 is 6.16 Å². The van der Waals surface area contributed by atoms with Crippen molar-refractivity contribution in [3.8, 4) is 11.5 Å². The van der Waals surface area contributed by atoms with Crippen LogP contribution in [0.5, 0.6) is 11.5 Å². The van der Waals surface area contributed by atoms with Crippen LogP contribution in [-0.2, 0) is 0 Å². The number of benzene rings is 1. The van der Waals surface area contributed by atoms with Crippen molar-refractivity contribution in [3.63, 3.8) is 0 Å². The maximum absolute atomic E-state index is 8.65. The third-order valence-corrected chi connectivity index (χ3v) is 0.850. The topological polar surface area (TPSA) is 98.0 Å². The number of aromatic hydroxyl groups is 2. The Kier molecular flexibility index (Phi) is 30.1. The number of rotatable bonds is 0. The molecule has 5 nitrogen and oxygen atoms in total. The van der Waals surface area contributed by atoms with Crippen molar-refractivity contribution in [2.45, 2.75) is 0 Å². The molecule has 0 aliphatic carbocycles. The first-order valence-electron chi connectivity index (χ1n) is 2.92. The summed E-state index contributed by atoms with van der Waals surface area (Å²) < 4.78 is 0. The van der Waals surface area contributed by atoms with Crippen LogP contribution in [0.15, 0.2) is 24.3 Å². The van der Waals surface area contributed by atoms with E-state index in [2.05, 4.69) is 0 Å². The zero-order chi connectivity index (χ0) is 9.56. The molecule has 1 aromatic rings. The van der Waals surface area contributed by atoms with E-state index in [9.17, 15) is 0 Å². The Balaban J connectivity index is -0.0000000223. The Hall–Kier alpha value is 3.00. The van der Waals surface area contributed by atoms with E-state index in [0.29, 0.717) is 0 Å². The van der Waals surface area contributed by atoms with Gasteiger partial charge in [-0.1, -0.05) is 0 Å². The standard InChI is InChI=1S/C6H6O2.CH2O3.3K.3H/c7-5-1-2-6(8)4-3-5;2-1(3)4;;;;;;/h1-4,7-8H;(H2,2,3,4);;;;;;/q;;3*+1;3*-1. The van der Waals surface area contributed by atoms with Crippen molar-refractivity contribution in [1.29, 1.82) is 0 Å². The molecule has 1 rings (SSSR count). The van der Waals surface area contributed by atoms with Crippen LogP contribution in [-0.4, -0.2) is 26.6 Å². The molecule has 0 radical (unpaired) electrons. The summed E-state index contributed by atoms with van der Waals surface area (Å²) in [6.07, 6.45) is -1.83. The molecular weight excluding hydrogens is 281 g/mol. The van der Waals surface area contributed by atoms with Gasteiger partial charge in [0.15, 0.2) is 0 Å². The first-order chi connectivity index (χ1) is 5.52. The van der Waals surface area contributed by atoms with Crippen LogP contribution in [0.25, 0.3) is 0 Å². The van der Waals surface area contributed by atoms with E-state index in [4.69, 9.17) is 25.2 Å². The van der Waals surface area contributed by atoms with Gasteiger partial charge in [-0.2, -0.15) is 0 Å². The molecular formula is C7H11K3O5. The average Bonchev–Trinajstić information content (AvgIpc) is 1.94. The molecule has 0 amide bonds. The third kappa shape index (κ3) is 22.6. The van der Waals surface area contributed by atoms with E-state index in [1.165, 1.54) is 24.3 Å². The monoisotopic (exact) mass is 292 g/mol. The normalized spacial score (nSPS) is 6.40. The summed E-state index contributed by atoms with van der Waals surface area (Å²) in [6, 6.07) is 5.70. The number of hydrogen-bond acceptors (Lipinski definition) is 3. The first kappa shape index (κ1) is 26.5. The number of phenols is 2. The van der Waals surface area contributed by atoms with Gasteiger partial charge >= 0.3 is 160 Å². The van der Waals surface area contributed by atoms with Crippen molar-refractivity contribution in [3.05, 3.63) is 24.3 Å². The number of hydrogen-bond donors (Lipinski definition) is 4. The van der Waals surface area contributed by atoms with Crippen LogP contribution in [0.3, 0.4) is 0 Å². The molecule has 0 bridgehead atoms. The smallest absolute Gasteiger partial charge is 1.00 e. The molecule has 0 spiro atoms. The molecule has 0 unspecified atom stereocenters. The Bertz CT molecular complexity index is 238. The Morgan fingerprint density at radius 2 is 1.00 bits per heavy atom. The molecule has 8 heteroatoms. The average molecular weight is 292 g/mol. The number of phenolic OH excluding ortho intramolecular Hbond substituents is 2. The third-order valence-electron chi connectivity index (χ3n) is 0.850. The van der Waals surface area contributed by atoms with Gasteiger partial charge in [0.25, 0.3) is 0 Å². The fraction of sp³-hybridized carbons (Fsp3) is 0. The van der Waals surface area contributed by atoms with Gasteiger partial charge in [-0.25, -0.2) is 4.79 Å². The van der Waals surface area contributed by atoms with E-state index in [1.54, 1.807) is 0 Å². The summed E-state index contributed by atoms with van der Waals surface area (Å²) in [5.41, 5.74) is 0. The molecule has 0 heterocycles. The number of carbonyl (C=O) groups is 1.